The van der Waals surface area contributed by atoms with E-state index in [-0.39, 0.29) is 0 Å². The number of hydrogen-bond acceptors (Lipinski definition) is 3. The molecule has 2 heterocycles. The van der Waals surface area contributed by atoms with Crippen molar-refractivity contribution in [3.8, 4) is 0 Å². The number of hydrogen-bond donors (Lipinski definition) is 1. The number of piperidine rings is 1. The molecular weight excluding hydrogens is 238 g/mol. The second kappa shape index (κ2) is 6.04. The summed E-state index contributed by atoms with van der Waals surface area (Å²) in [6.07, 6.45) is 3.97. The van der Waals surface area contributed by atoms with Crippen LogP contribution in [0.15, 0.2) is 30.3 Å². The summed E-state index contributed by atoms with van der Waals surface area (Å²) < 4.78 is 11.7. The fourth-order valence-electron chi connectivity index (χ4n) is 3.19. The van der Waals surface area contributed by atoms with Crippen molar-refractivity contribution in [3.63, 3.8) is 0 Å². The van der Waals surface area contributed by atoms with Gasteiger partial charge in [-0.05, 0) is 43.3 Å². The van der Waals surface area contributed by atoms with Crippen LogP contribution in [0.5, 0.6) is 0 Å². The molecule has 2 fully saturated rings. The van der Waals surface area contributed by atoms with E-state index in [0.717, 1.165) is 26.3 Å². The zero-order valence-corrected chi connectivity index (χ0v) is 11.4. The molecule has 3 nitrogen and oxygen atoms in total. The third-order valence-electron chi connectivity index (χ3n) is 4.37. The van der Waals surface area contributed by atoms with Gasteiger partial charge < -0.3 is 14.8 Å². The van der Waals surface area contributed by atoms with Gasteiger partial charge in [-0.25, -0.2) is 0 Å². The standard InChI is InChI=1S/C16H23NO2/c1-2-4-14(5-3-1)11-18-12-15-10-16(13-19-15)6-8-17-9-7-16/h1-5,15,17H,6-13H2. The van der Waals surface area contributed by atoms with Gasteiger partial charge in [0.25, 0.3) is 0 Å². The molecule has 1 aromatic carbocycles. The van der Waals surface area contributed by atoms with Crippen molar-refractivity contribution < 1.29 is 9.47 Å². The molecule has 2 aliphatic heterocycles. The molecule has 0 aromatic heterocycles. The summed E-state index contributed by atoms with van der Waals surface area (Å²) in [5.74, 6) is 0. The lowest BCUT2D eigenvalue weighted by molar-refractivity contribution is 0.00786. The van der Waals surface area contributed by atoms with Crippen molar-refractivity contribution in [1.29, 1.82) is 0 Å². The largest absolute Gasteiger partial charge is 0.375 e. The summed E-state index contributed by atoms with van der Waals surface area (Å²) in [4.78, 5) is 0. The number of benzene rings is 1. The van der Waals surface area contributed by atoms with E-state index in [2.05, 4.69) is 29.6 Å². The minimum atomic E-state index is 0.293. The summed E-state index contributed by atoms with van der Waals surface area (Å²) in [5, 5.41) is 3.43. The molecule has 1 spiro atoms. The highest BCUT2D eigenvalue weighted by Gasteiger charge is 2.40. The minimum Gasteiger partial charge on any atom is -0.375 e. The van der Waals surface area contributed by atoms with Crippen LogP contribution < -0.4 is 5.32 Å². The van der Waals surface area contributed by atoms with E-state index in [4.69, 9.17) is 9.47 Å². The Morgan fingerprint density at radius 2 is 2.00 bits per heavy atom. The lowest BCUT2D eigenvalue weighted by atomic mass is 9.77. The molecule has 2 saturated heterocycles. The van der Waals surface area contributed by atoms with Crippen LogP contribution in [0.3, 0.4) is 0 Å². The average molecular weight is 261 g/mol. The van der Waals surface area contributed by atoms with E-state index in [1.165, 1.54) is 24.8 Å². The van der Waals surface area contributed by atoms with Crippen LogP contribution in [-0.2, 0) is 16.1 Å². The molecule has 3 heteroatoms. The quantitative estimate of drug-likeness (QED) is 0.902. The van der Waals surface area contributed by atoms with E-state index in [0.29, 0.717) is 18.1 Å². The fraction of sp³-hybridized carbons (Fsp3) is 0.625. The molecule has 1 aromatic rings. The zero-order valence-electron chi connectivity index (χ0n) is 11.4. The molecule has 0 saturated carbocycles. The molecule has 0 bridgehead atoms. The molecule has 2 aliphatic rings. The van der Waals surface area contributed by atoms with Crippen LogP contribution in [0.4, 0.5) is 0 Å². The summed E-state index contributed by atoms with van der Waals surface area (Å²) >= 11 is 0. The van der Waals surface area contributed by atoms with Crippen molar-refractivity contribution in [2.45, 2.75) is 32.0 Å². The third kappa shape index (κ3) is 3.35. The van der Waals surface area contributed by atoms with Crippen LogP contribution in [0.25, 0.3) is 0 Å². The smallest absolute Gasteiger partial charge is 0.0815 e. The minimum absolute atomic E-state index is 0.293. The first-order valence-electron chi connectivity index (χ1n) is 7.30. The molecule has 19 heavy (non-hydrogen) atoms. The first-order chi connectivity index (χ1) is 9.36. The normalized spacial score (nSPS) is 25.8. The summed E-state index contributed by atoms with van der Waals surface area (Å²) in [6, 6.07) is 10.3. The first-order valence-corrected chi connectivity index (χ1v) is 7.30. The Morgan fingerprint density at radius 1 is 1.21 bits per heavy atom. The molecule has 0 aliphatic carbocycles. The lowest BCUT2D eigenvalue weighted by Crippen LogP contribution is -2.37. The number of ether oxygens (including phenoxy) is 2. The Balaban J connectivity index is 1.42. The Morgan fingerprint density at radius 3 is 2.79 bits per heavy atom. The van der Waals surface area contributed by atoms with Crippen LogP contribution >= 0.6 is 0 Å². The van der Waals surface area contributed by atoms with Crippen molar-refractivity contribution in [3.05, 3.63) is 35.9 Å². The average Bonchev–Trinajstić information content (AvgIpc) is 2.84. The summed E-state index contributed by atoms with van der Waals surface area (Å²) in [7, 11) is 0. The SMILES string of the molecule is c1ccc(COCC2CC3(CCNCC3)CO2)cc1. The maximum absolute atomic E-state index is 5.93. The summed E-state index contributed by atoms with van der Waals surface area (Å²) in [6.45, 7) is 4.62. The highest BCUT2D eigenvalue weighted by Crippen LogP contribution is 2.40. The van der Waals surface area contributed by atoms with E-state index >= 15 is 0 Å². The van der Waals surface area contributed by atoms with Gasteiger partial charge in [0.15, 0.2) is 0 Å². The van der Waals surface area contributed by atoms with E-state index < -0.39 is 0 Å². The third-order valence-corrected chi connectivity index (χ3v) is 4.37. The number of rotatable bonds is 4. The maximum atomic E-state index is 5.93. The van der Waals surface area contributed by atoms with Gasteiger partial charge >= 0.3 is 0 Å². The molecule has 104 valence electrons. The van der Waals surface area contributed by atoms with Crippen LogP contribution in [0.1, 0.15) is 24.8 Å². The van der Waals surface area contributed by atoms with E-state index in [1.54, 1.807) is 0 Å². The molecule has 1 unspecified atom stereocenters. The van der Waals surface area contributed by atoms with E-state index in [1.807, 2.05) is 6.07 Å². The molecule has 0 amide bonds. The topological polar surface area (TPSA) is 30.5 Å². The van der Waals surface area contributed by atoms with E-state index in [9.17, 15) is 0 Å². The second-order valence-electron chi connectivity index (χ2n) is 5.89. The van der Waals surface area contributed by atoms with Crippen molar-refractivity contribution in [2.75, 3.05) is 26.3 Å². The lowest BCUT2D eigenvalue weighted by Gasteiger charge is -2.32. The maximum Gasteiger partial charge on any atom is 0.0815 e. The molecule has 1 atom stereocenters. The van der Waals surface area contributed by atoms with Crippen molar-refractivity contribution in [2.24, 2.45) is 5.41 Å². The monoisotopic (exact) mass is 261 g/mol. The van der Waals surface area contributed by atoms with Crippen LogP contribution in [-0.4, -0.2) is 32.4 Å². The van der Waals surface area contributed by atoms with Crippen molar-refractivity contribution >= 4 is 0 Å². The van der Waals surface area contributed by atoms with Gasteiger partial charge in [0.05, 0.1) is 25.9 Å². The second-order valence-corrected chi connectivity index (χ2v) is 5.89. The Labute approximate surface area is 115 Å². The van der Waals surface area contributed by atoms with Gasteiger partial charge in [0.2, 0.25) is 0 Å². The van der Waals surface area contributed by atoms with Gasteiger partial charge in [-0.3, -0.25) is 0 Å². The molecular formula is C16H23NO2. The van der Waals surface area contributed by atoms with Crippen LogP contribution in [0, 0.1) is 5.41 Å². The van der Waals surface area contributed by atoms with Gasteiger partial charge in [0.1, 0.15) is 0 Å². The van der Waals surface area contributed by atoms with Gasteiger partial charge in [-0.15, -0.1) is 0 Å². The first kappa shape index (κ1) is 13.1. The van der Waals surface area contributed by atoms with Crippen molar-refractivity contribution in [1.82, 2.24) is 5.32 Å². The molecule has 3 rings (SSSR count). The fourth-order valence-corrected chi connectivity index (χ4v) is 3.19. The highest BCUT2D eigenvalue weighted by atomic mass is 16.5. The zero-order chi connectivity index (χ0) is 13.0. The Bertz CT molecular complexity index is 387. The Kier molecular flexibility index (Phi) is 4.16. The summed E-state index contributed by atoms with van der Waals surface area (Å²) in [5.41, 5.74) is 1.67. The highest BCUT2D eigenvalue weighted by molar-refractivity contribution is 5.13. The molecule has 1 N–H and O–H groups in total. The predicted octanol–water partition coefficient (Wildman–Crippen LogP) is 2.36. The molecule has 0 radical (unpaired) electrons. The van der Waals surface area contributed by atoms with Gasteiger partial charge in [0, 0.05) is 0 Å². The Hall–Kier alpha value is -0.900. The number of nitrogens with one attached hydrogen (secondary N) is 1. The van der Waals surface area contributed by atoms with Gasteiger partial charge in [-0.1, -0.05) is 30.3 Å². The predicted molar refractivity (Wildman–Crippen MR) is 75.0 cm³/mol. The van der Waals surface area contributed by atoms with Crippen LogP contribution in [0.2, 0.25) is 0 Å². The van der Waals surface area contributed by atoms with Gasteiger partial charge in [-0.2, -0.15) is 0 Å².